The third-order valence-electron chi connectivity index (χ3n) is 22.7. The molecule has 1 saturated carbocycles. The van der Waals surface area contributed by atoms with Crippen molar-refractivity contribution in [1.29, 1.82) is 0 Å². The molecule has 27 nitrogen and oxygen atoms in total. The number of ether oxygens (including phenoxy) is 3. The van der Waals surface area contributed by atoms with Crippen molar-refractivity contribution in [2.75, 3.05) is 120 Å². The Labute approximate surface area is 736 Å². The Hall–Kier alpha value is -10.7. The maximum Gasteiger partial charge on any atom is 0.276 e. The summed E-state index contributed by atoms with van der Waals surface area (Å²) < 4.78 is 73.9. The number of nitrogens with zero attached hydrogens (tertiary/aromatic N) is 12. The van der Waals surface area contributed by atoms with Gasteiger partial charge in [-0.1, -0.05) is 100.0 Å². The summed E-state index contributed by atoms with van der Waals surface area (Å²) in [6.07, 6.45) is 13.2. The number of aromatic nitrogens is 9. The lowest BCUT2D eigenvalue weighted by atomic mass is 9.91. The van der Waals surface area contributed by atoms with Crippen LogP contribution in [-0.4, -0.2) is 186 Å². The highest BCUT2D eigenvalue weighted by molar-refractivity contribution is 9.10. The van der Waals surface area contributed by atoms with Crippen LogP contribution in [0, 0.1) is 0 Å². The molecule has 16 rings (SSSR count). The lowest BCUT2D eigenvalue weighted by Crippen LogP contribution is -2.33. The van der Waals surface area contributed by atoms with Crippen molar-refractivity contribution in [3.05, 3.63) is 258 Å². The number of rotatable bonds is 29. The fourth-order valence-corrected chi connectivity index (χ4v) is 20.2. The molecule has 0 bridgehead atoms. The molecule has 1 aliphatic carbocycles. The molecule has 3 saturated heterocycles. The second-order valence-corrected chi connectivity index (χ2v) is 38.7. The molecule has 4 fully saturated rings. The zero-order chi connectivity index (χ0) is 87.1. The van der Waals surface area contributed by atoms with E-state index in [4.69, 9.17) is 29.2 Å². The van der Waals surface area contributed by atoms with Crippen LogP contribution in [0.15, 0.2) is 223 Å². The van der Waals surface area contributed by atoms with Crippen LogP contribution in [0.2, 0.25) is 0 Å². The van der Waals surface area contributed by atoms with Gasteiger partial charge in [-0.15, -0.1) is 0 Å². The first-order valence-electron chi connectivity index (χ1n) is 42.2. The van der Waals surface area contributed by atoms with E-state index in [9.17, 15) is 31.2 Å². The van der Waals surface area contributed by atoms with Crippen LogP contribution in [0.25, 0.3) is 38.8 Å². The fraction of sp³-hybridized carbons (Fsp3) is 0.366. The van der Waals surface area contributed by atoms with E-state index in [0.717, 1.165) is 115 Å². The minimum Gasteiger partial charge on any atom is -0.489 e. The third-order valence-corrected chi connectivity index (χ3v) is 28.5. The van der Waals surface area contributed by atoms with E-state index in [1.807, 2.05) is 161 Å². The van der Waals surface area contributed by atoms with Gasteiger partial charge in [0.1, 0.15) is 34.5 Å². The summed E-state index contributed by atoms with van der Waals surface area (Å²) in [6, 6.07) is 51.5. The molecule has 5 N–H and O–H groups in total. The summed E-state index contributed by atoms with van der Waals surface area (Å²) in [5.41, 5.74) is 9.84. The molecule has 5 atom stereocenters. The highest BCUT2D eigenvalue weighted by atomic mass is 79.9. The van der Waals surface area contributed by atoms with Gasteiger partial charge in [0.05, 0.1) is 81.2 Å². The zero-order valence-electron chi connectivity index (χ0n) is 71.3. The molecule has 31 heteroatoms. The van der Waals surface area contributed by atoms with E-state index in [0.29, 0.717) is 110 Å². The molecule has 12 aromatic rings. The molecule has 9 heterocycles. The first-order chi connectivity index (χ1) is 60.0. The van der Waals surface area contributed by atoms with Gasteiger partial charge < -0.3 is 55.5 Å². The zero-order valence-corrected chi connectivity index (χ0v) is 75.4. The number of benzene rings is 6. The van der Waals surface area contributed by atoms with Crippen LogP contribution in [-0.2, 0) is 60.5 Å². The minimum atomic E-state index is -3.54. The van der Waals surface area contributed by atoms with Gasteiger partial charge in [0, 0.05) is 138 Å². The van der Waals surface area contributed by atoms with Crippen molar-refractivity contribution in [3.63, 3.8) is 0 Å². The summed E-state index contributed by atoms with van der Waals surface area (Å²) in [7, 11) is 1.62. The van der Waals surface area contributed by atoms with Gasteiger partial charge in [-0.2, -0.15) is 15.0 Å². The van der Waals surface area contributed by atoms with E-state index in [1.54, 1.807) is 62.6 Å². The molecular formula is C93H108BrN17O10S3. The maximum absolute atomic E-state index is 13.9. The van der Waals surface area contributed by atoms with Crippen molar-refractivity contribution in [2.24, 2.45) is 0 Å². The number of likely N-dealkylation sites (tertiary alicyclic amines) is 1. The second kappa shape index (κ2) is 41.4. The van der Waals surface area contributed by atoms with Crippen LogP contribution < -0.4 is 52.9 Å². The molecule has 4 aliphatic rings. The van der Waals surface area contributed by atoms with Gasteiger partial charge in [0.2, 0.25) is 17.8 Å². The second-order valence-electron chi connectivity index (χ2n) is 32.0. The van der Waals surface area contributed by atoms with Gasteiger partial charge in [-0.05, 0) is 213 Å². The van der Waals surface area contributed by atoms with E-state index < -0.39 is 31.4 Å². The molecule has 0 spiro atoms. The standard InChI is InChI=1S/C31H34BrN5O2S.C31H38N6O5S.C31H36N6O3S/c1-36-16-4-5-23(20-36)22-10-12-25(13-11-22)34-31-33-18-24-17-28(32)30(38)37(29(24)35-31)19-21-8-14-27(15-9-21)40(39)26-6-2-3-7-26;1-4-36(5-2)27-18-24-19-33-31(34-25-11-9-23(10-12-25)28-20-32-13-14-42-28)35-29(24)37(30(27)38)21-22-7-6-8-26(17-22)43(39,40)16-15-41-3;1-20(2)41(39)28-9-7-6-8-22(28)19-37-29-23(16-27(30(37)38)21(3)36(4)5)17-33-31(35-29)34-24-10-12-25(13-11-24)40-26-14-15-32-18-26/h8-15,17-18,23,26H,2-7,16,19-20H2,1H3,(H,33,34,35);6-12,17-19,28,32H,4-5,13-16,20-21H2,1-3H3,(H,33,34,35);6-13,16-17,20,26,32H,3,14-15,18-19H2,1-2,4-5H3,(H,33,34,35). The fourth-order valence-electron chi connectivity index (χ4n) is 15.8. The summed E-state index contributed by atoms with van der Waals surface area (Å²) in [5.74, 6) is 2.39. The SMILES string of the molecule is C=C(c1cc2cnc(Nc3ccc(OC4CCNC4)cc3)nc2n(Cc2ccccc2S(=O)C(C)C)c1=O)N(C)C.CCN(CC)c1cc2cnc(Nc3ccc(C4CNCCO4)cc3)nc2n(Cc2cccc(S(=O)(=O)CCOC)c2)c1=O.CN1CCCC(c2ccc(Nc3ncc4cc(Br)c(=O)n(Cc5ccc(S(=O)C6CCCC6)cc5)c4n3)cc2)C1. The van der Waals surface area contributed by atoms with Crippen molar-refractivity contribution >= 4 is 127 Å². The number of piperidine rings is 1. The number of halogens is 1. The quantitative estimate of drug-likeness (QED) is 0.0291. The van der Waals surface area contributed by atoms with E-state index in [1.165, 1.54) is 32.1 Å². The highest BCUT2D eigenvalue weighted by Crippen LogP contribution is 2.33. The summed E-state index contributed by atoms with van der Waals surface area (Å²) >= 11 is 3.42. The van der Waals surface area contributed by atoms with Gasteiger partial charge >= 0.3 is 0 Å². The average molecular weight is 1800 g/mol. The molecular weight excluding hydrogens is 1690 g/mol. The largest absolute Gasteiger partial charge is 0.489 e. The lowest BCUT2D eigenvalue weighted by Gasteiger charge is -2.30. The lowest BCUT2D eigenvalue weighted by molar-refractivity contribution is 0.0277. The molecule has 3 aliphatic heterocycles. The summed E-state index contributed by atoms with van der Waals surface area (Å²) in [4.78, 5) is 76.8. The third kappa shape index (κ3) is 21.9. The molecule has 650 valence electrons. The number of hydrogen-bond donors (Lipinski definition) is 5. The van der Waals surface area contributed by atoms with Gasteiger partial charge in [0.25, 0.3) is 16.7 Å². The van der Waals surface area contributed by atoms with Crippen LogP contribution in [0.3, 0.4) is 0 Å². The first kappa shape index (κ1) is 89.5. The van der Waals surface area contributed by atoms with Gasteiger partial charge in [0.15, 0.2) is 9.84 Å². The predicted molar refractivity (Wildman–Crippen MR) is 498 cm³/mol. The Morgan fingerprint density at radius 1 is 0.645 bits per heavy atom. The molecule has 0 amide bonds. The molecule has 0 radical (unpaired) electrons. The number of morpholine rings is 1. The normalized spacial score (nSPS) is 16.7. The first-order valence-corrected chi connectivity index (χ1v) is 47.1. The Bertz CT molecular complexity index is 6120. The van der Waals surface area contributed by atoms with E-state index in [-0.39, 0.29) is 69.7 Å². The molecule has 6 aromatic carbocycles. The topological polar surface area (TPSA) is 309 Å². The maximum atomic E-state index is 13.9. The van der Waals surface area contributed by atoms with Crippen LogP contribution in [0.4, 0.5) is 40.6 Å². The van der Waals surface area contributed by atoms with Crippen LogP contribution in [0.1, 0.15) is 118 Å². The van der Waals surface area contributed by atoms with Gasteiger partial charge in [-0.25, -0.2) is 23.4 Å². The van der Waals surface area contributed by atoms with Crippen LogP contribution in [0.5, 0.6) is 5.75 Å². The number of nitrogens with one attached hydrogen (secondary N) is 5. The number of anilines is 7. The van der Waals surface area contributed by atoms with Gasteiger partial charge in [-0.3, -0.25) is 36.5 Å². The number of methoxy groups -OCH3 is 1. The number of likely N-dealkylation sites (N-methyl/N-ethyl adjacent to an activating group) is 1. The monoisotopic (exact) mass is 1800 g/mol. The summed E-state index contributed by atoms with van der Waals surface area (Å²) in [6.45, 7) is 20.5. The number of hydrogen-bond acceptors (Lipinski definition) is 24. The van der Waals surface area contributed by atoms with E-state index >= 15 is 0 Å². The molecule has 5 unspecified atom stereocenters. The molecule has 124 heavy (non-hydrogen) atoms. The number of pyridine rings is 3. The molecule has 6 aromatic heterocycles. The average Bonchev–Trinajstić information content (AvgIpc) is 0.834. The Kier molecular flexibility index (Phi) is 29.9. The Balaban J connectivity index is 0.000000151. The van der Waals surface area contributed by atoms with Crippen LogP contribution >= 0.6 is 15.9 Å². The van der Waals surface area contributed by atoms with E-state index in [2.05, 4.69) is 100 Å². The highest BCUT2D eigenvalue weighted by Gasteiger charge is 2.27. The number of fused-ring (bicyclic) bond motifs is 3. The minimum absolute atomic E-state index is 0.0163. The van der Waals surface area contributed by atoms with Crippen molar-refractivity contribution in [1.82, 2.24) is 64.0 Å². The Morgan fingerprint density at radius 2 is 1.23 bits per heavy atom. The smallest absolute Gasteiger partial charge is 0.276 e. The summed E-state index contributed by atoms with van der Waals surface area (Å²) in [5, 5.41) is 18.8. The van der Waals surface area contributed by atoms with Crippen molar-refractivity contribution < 1.29 is 31.0 Å². The predicted octanol–water partition coefficient (Wildman–Crippen LogP) is 14.1. The number of sulfone groups is 1. The van der Waals surface area contributed by atoms with Crippen molar-refractivity contribution in [2.45, 2.75) is 136 Å². The Morgan fingerprint density at radius 3 is 1.81 bits per heavy atom. The van der Waals surface area contributed by atoms with Crippen molar-refractivity contribution in [3.8, 4) is 5.75 Å².